The van der Waals surface area contributed by atoms with Gasteiger partial charge in [0.15, 0.2) is 0 Å². The first-order valence-electron chi connectivity index (χ1n) is 6.25. The van der Waals surface area contributed by atoms with Gasteiger partial charge in [-0.05, 0) is 49.5 Å². The van der Waals surface area contributed by atoms with Gasteiger partial charge in [0.05, 0.1) is 22.4 Å². The number of hydrogen-bond acceptors (Lipinski definition) is 4. The molecule has 2 unspecified atom stereocenters. The van der Waals surface area contributed by atoms with Crippen molar-refractivity contribution in [2.24, 2.45) is 7.05 Å². The molecule has 2 atom stereocenters. The molecule has 6 heteroatoms. The highest BCUT2D eigenvalue weighted by Gasteiger charge is 2.31. The smallest absolute Gasteiger partial charge is 0.113 e. The number of hydrogen-bond donors (Lipinski definition) is 1. The van der Waals surface area contributed by atoms with E-state index in [1.54, 1.807) is 10.9 Å². The quantitative estimate of drug-likeness (QED) is 0.878. The van der Waals surface area contributed by atoms with Gasteiger partial charge < -0.3 is 10.0 Å². The molecule has 2 heterocycles. The summed E-state index contributed by atoms with van der Waals surface area (Å²) in [5.74, 6) is 0. The molecular weight excluding hydrogens is 296 g/mol. The molecular formula is C12H21BrN4O. The number of rotatable bonds is 2. The van der Waals surface area contributed by atoms with Crippen LogP contribution in [0.2, 0.25) is 0 Å². The van der Waals surface area contributed by atoms with Crippen LogP contribution in [0.4, 0.5) is 0 Å². The van der Waals surface area contributed by atoms with Crippen molar-refractivity contribution < 1.29 is 5.11 Å². The summed E-state index contributed by atoms with van der Waals surface area (Å²) in [6.45, 7) is 2.97. The summed E-state index contributed by atoms with van der Waals surface area (Å²) in [5, 5.41) is 14.8. The SMILES string of the molecule is CN1CCCN(C)C(C(O)c2c(Br)cnn2C)C1. The third-order valence-electron chi connectivity index (χ3n) is 3.70. The van der Waals surface area contributed by atoms with Crippen LogP contribution in [0.5, 0.6) is 0 Å². The van der Waals surface area contributed by atoms with Gasteiger partial charge in [0.1, 0.15) is 6.10 Å². The van der Waals surface area contributed by atoms with Crippen LogP contribution in [-0.2, 0) is 7.05 Å². The molecule has 0 saturated carbocycles. The number of halogens is 1. The van der Waals surface area contributed by atoms with Gasteiger partial charge in [-0.15, -0.1) is 0 Å². The first-order valence-corrected chi connectivity index (χ1v) is 7.04. The second kappa shape index (κ2) is 5.69. The maximum Gasteiger partial charge on any atom is 0.113 e. The molecule has 1 aromatic rings. The van der Waals surface area contributed by atoms with Crippen LogP contribution in [0.15, 0.2) is 10.7 Å². The number of aliphatic hydroxyl groups is 1. The van der Waals surface area contributed by atoms with Crippen molar-refractivity contribution in [1.82, 2.24) is 19.6 Å². The fourth-order valence-electron chi connectivity index (χ4n) is 2.58. The van der Waals surface area contributed by atoms with E-state index in [0.717, 1.165) is 36.2 Å². The van der Waals surface area contributed by atoms with E-state index in [0.29, 0.717) is 0 Å². The lowest BCUT2D eigenvalue weighted by Crippen LogP contribution is -2.42. The van der Waals surface area contributed by atoms with Crippen LogP contribution in [0.3, 0.4) is 0 Å². The summed E-state index contributed by atoms with van der Waals surface area (Å²) < 4.78 is 2.62. The number of aryl methyl sites for hydroxylation is 1. The summed E-state index contributed by atoms with van der Waals surface area (Å²) in [7, 11) is 6.05. The Kier molecular flexibility index (Phi) is 4.42. The van der Waals surface area contributed by atoms with Crippen LogP contribution in [0.1, 0.15) is 18.2 Å². The molecule has 0 aliphatic carbocycles. The molecule has 0 amide bonds. The van der Waals surface area contributed by atoms with Crippen LogP contribution < -0.4 is 0 Å². The van der Waals surface area contributed by atoms with Gasteiger partial charge in [-0.2, -0.15) is 5.10 Å². The molecule has 0 radical (unpaired) electrons. The van der Waals surface area contributed by atoms with E-state index in [4.69, 9.17) is 0 Å². The number of aromatic nitrogens is 2. The molecule has 0 aromatic carbocycles. The highest BCUT2D eigenvalue weighted by molar-refractivity contribution is 9.10. The van der Waals surface area contributed by atoms with E-state index in [-0.39, 0.29) is 6.04 Å². The molecule has 5 nitrogen and oxygen atoms in total. The summed E-state index contributed by atoms with van der Waals surface area (Å²) in [6, 6.07) is 0.101. The summed E-state index contributed by atoms with van der Waals surface area (Å²) >= 11 is 3.46. The fraction of sp³-hybridized carbons (Fsp3) is 0.750. The van der Waals surface area contributed by atoms with Crippen molar-refractivity contribution >= 4 is 15.9 Å². The van der Waals surface area contributed by atoms with E-state index in [1.165, 1.54) is 0 Å². The fourth-order valence-corrected chi connectivity index (χ4v) is 3.16. The van der Waals surface area contributed by atoms with Crippen LogP contribution >= 0.6 is 15.9 Å². The first-order chi connectivity index (χ1) is 8.50. The minimum atomic E-state index is -0.530. The minimum Gasteiger partial charge on any atom is -0.385 e. The summed E-state index contributed by atoms with van der Waals surface area (Å²) in [6.07, 6.45) is 2.35. The van der Waals surface area contributed by atoms with E-state index < -0.39 is 6.10 Å². The van der Waals surface area contributed by atoms with Crippen molar-refractivity contribution in [3.8, 4) is 0 Å². The Labute approximate surface area is 116 Å². The molecule has 0 spiro atoms. The van der Waals surface area contributed by atoms with Crippen LogP contribution in [0.25, 0.3) is 0 Å². The third kappa shape index (κ3) is 2.77. The van der Waals surface area contributed by atoms with Crippen molar-refractivity contribution in [3.05, 3.63) is 16.4 Å². The highest BCUT2D eigenvalue weighted by Crippen LogP contribution is 2.28. The van der Waals surface area contributed by atoms with Crippen molar-refractivity contribution in [2.75, 3.05) is 33.7 Å². The van der Waals surface area contributed by atoms with Crippen molar-refractivity contribution in [3.63, 3.8) is 0 Å². The predicted molar refractivity (Wildman–Crippen MR) is 74.4 cm³/mol. The van der Waals surface area contributed by atoms with Gasteiger partial charge in [-0.25, -0.2) is 0 Å². The normalized spacial score (nSPS) is 25.1. The van der Waals surface area contributed by atoms with E-state index in [2.05, 4.69) is 44.9 Å². The number of aliphatic hydroxyl groups excluding tert-OH is 1. The average Bonchev–Trinajstić information content (AvgIpc) is 2.54. The predicted octanol–water partition coefficient (Wildman–Crippen LogP) is 0.852. The second-order valence-corrected chi connectivity index (χ2v) is 5.96. The second-order valence-electron chi connectivity index (χ2n) is 5.11. The monoisotopic (exact) mass is 316 g/mol. The molecule has 1 fully saturated rings. The maximum atomic E-state index is 10.6. The molecule has 1 N–H and O–H groups in total. The molecule has 0 bridgehead atoms. The highest BCUT2D eigenvalue weighted by atomic mass is 79.9. The van der Waals surface area contributed by atoms with Gasteiger partial charge in [0, 0.05) is 13.6 Å². The van der Waals surface area contributed by atoms with E-state index in [9.17, 15) is 5.11 Å². The zero-order chi connectivity index (χ0) is 13.3. The van der Waals surface area contributed by atoms with Gasteiger partial charge in [0.2, 0.25) is 0 Å². The largest absolute Gasteiger partial charge is 0.385 e. The van der Waals surface area contributed by atoms with E-state index >= 15 is 0 Å². The molecule has 102 valence electrons. The average molecular weight is 317 g/mol. The molecule has 2 rings (SSSR count). The lowest BCUT2D eigenvalue weighted by Gasteiger charge is -2.31. The lowest BCUT2D eigenvalue weighted by molar-refractivity contribution is 0.0512. The van der Waals surface area contributed by atoms with E-state index in [1.807, 2.05) is 7.05 Å². The zero-order valence-corrected chi connectivity index (χ0v) is 12.8. The number of likely N-dealkylation sites (N-methyl/N-ethyl adjacent to an activating group) is 2. The topological polar surface area (TPSA) is 44.5 Å². The Morgan fingerprint density at radius 2 is 2.11 bits per heavy atom. The maximum absolute atomic E-state index is 10.6. The lowest BCUT2D eigenvalue weighted by atomic mass is 10.1. The Morgan fingerprint density at radius 1 is 1.39 bits per heavy atom. The standard InChI is InChI=1S/C12H21BrN4O/c1-15-5-4-6-16(2)10(8-15)12(18)11-9(13)7-14-17(11)3/h7,10,12,18H,4-6,8H2,1-3H3. The van der Waals surface area contributed by atoms with Crippen molar-refractivity contribution in [2.45, 2.75) is 18.6 Å². The Hall–Kier alpha value is -0.430. The Morgan fingerprint density at radius 3 is 2.72 bits per heavy atom. The Balaban J connectivity index is 2.23. The molecule has 18 heavy (non-hydrogen) atoms. The van der Waals surface area contributed by atoms with Gasteiger partial charge in [-0.1, -0.05) is 0 Å². The van der Waals surface area contributed by atoms with Gasteiger partial charge in [0.25, 0.3) is 0 Å². The molecule has 1 aliphatic heterocycles. The van der Waals surface area contributed by atoms with Crippen molar-refractivity contribution in [1.29, 1.82) is 0 Å². The zero-order valence-electron chi connectivity index (χ0n) is 11.2. The number of nitrogens with zero attached hydrogens (tertiary/aromatic N) is 4. The molecule has 1 aliphatic rings. The Bertz CT molecular complexity index is 389. The molecule has 1 saturated heterocycles. The first kappa shape index (κ1) is 14.0. The van der Waals surface area contributed by atoms with Gasteiger partial charge in [-0.3, -0.25) is 9.58 Å². The summed E-state index contributed by atoms with van der Waals surface area (Å²) in [4.78, 5) is 4.52. The van der Waals surface area contributed by atoms with Crippen LogP contribution in [-0.4, -0.2) is 64.5 Å². The minimum absolute atomic E-state index is 0.101. The molecule has 1 aromatic heterocycles. The third-order valence-corrected chi connectivity index (χ3v) is 4.31. The van der Waals surface area contributed by atoms with Gasteiger partial charge >= 0.3 is 0 Å². The van der Waals surface area contributed by atoms with Crippen LogP contribution in [0, 0.1) is 0 Å². The summed E-state index contributed by atoms with van der Waals surface area (Å²) in [5.41, 5.74) is 0.849.